The fourth-order valence-electron chi connectivity index (χ4n) is 1.49. The number of likely N-dealkylation sites (N-methyl/N-ethyl adjacent to an activating group) is 1. The van der Waals surface area contributed by atoms with Crippen LogP contribution in [0.2, 0.25) is 0 Å². The Hall–Kier alpha value is -1.30. The zero-order valence-corrected chi connectivity index (χ0v) is 9.86. The van der Waals surface area contributed by atoms with Gasteiger partial charge in [-0.25, -0.2) is 0 Å². The quantitative estimate of drug-likeness (QED) is 0.629. The second kappa shape index (κ2) is 8.05. The first-order valence-corrected chi connectivity index (χ1v) is 5.55. The largest absolute Gasteiger partial charge is 0.335 e. The van der Waals surface area contributed by atoms with Gasteiger partial charge in [0.15, 0.2) is 0 Å². The van der Waals surface area contributed by atoms with Crippen LogP contribution >= 0.6 is 0 Å². The molecule has 0 bridgehead atoms. The molecule has 0 heterocycles. The number of hydrogen-bond donors (Lipinski definition) is 0. The first kappa shape index (κ1) is 13.7. The Labute approximate surface area is 92.4 Å². The molecule has 1 unspecified atom stereocenters. The highest BCUT2D eigenvalue weighted by molar-refractivity contribution is 5.87. The van der Waals surface area contributed by atoms with Crippen LogP contribution in [0.25, 0.3) is 0 Å². The van der Waals surface area contributed by atoms with Gasteiger partial charge in [0.25, 0.3) is 0 Å². The molecule has 1 atom stereocenters. The average molecular weight is 208 g/mol. The molecule has 3 heteroatoms. The van der Waals surface area contributed by atoms with E-state index in [1.807, 2.05) is 26.8 Å². The Morgan fingerprint density at radius 1 is 1.47 bits per heavy atom. The minimum Gasteiger partial charge on any atom is -0.335 e. The summed E-state index contributed by atoms with van der Waals surface area (Å²) in [4.78, 5) is 13.5. The number of carbonyl (C=O) groups excluding carboxylic acids is 1. The van der Waals surface area contributed by atoms with Crippen molar-refractivity contribution in [2.24, 2.45) is 0 Å². The molecular weight excluding hydrogens is 188 g/mol. The van der Waals surface area contributed by atoms with Crippen LogP contribution < -0.4 is 0 Å². The van der Waals surface area contributed by atoms with Crippen molar-refractivity contribution in [1.82, 2.24) is 4.90 Å². The molecule has 0 saturated heterocycles. The predicted octanol–water partition coefficient (Wildman–Crippen LogP) is 2.49. The molecule has 0 aromatic rings. The predicted molar refractivity (Wildman–Crippen MR) is 61.1 cm³/mol. The zero-order chi connectivity index (χ0) is 11.7. The normalized spacial score (nSPS) is 12.4. The summed E-state index contributed by atoms with van der Waals surface area (Å²) in [6, 6.07) is 2.18. The molecule has 15 heavy (non-hydrogen) atoms. The van der Waals surface area contributed by atoms with E-state index >= 15 is 0 Å². The number of rotatable bonds is 6. The minimum absolute atomic E-state index is 0.0152. The first-order chi connectivity index (χ1) is 7.21. The first-order valence-electron chi connectivity index (χ1n) is 5.55. The molecule has 0 aliphatic carbocycles. The van der Waals surface area contributed by atoms with Crippen LogP contribution in [0.4, 0.5) is 0 Å². The molecule has 0 aromatic carbocycles. The van der Waals surface area contributed by atoms with Crippen LogP contribution in [0.3, 0.4) is 0 Å². The van der Waals surface area contributed by atoms with Crippen LogP contribution in [0.15, 0.2) is 12.2 Å². The van der Waals surface area contributed by atoms with Gasteiger partial charge < -0.3 is 4.90 Å². The lowest BCUT2D eigenvalue weighted by molar-refractivity contribution is -0.128. The van der Waals surface area contributed by atoms with Crippen LogP contribution in [-0.2, 0) is 4.79 Å². The maximum Gasteiger partial charge on any atom is 0.246 e. The summed E-state index contributed by atoms with van der Waals surface area (Å²) in [6.07, 6.45) is 5.55. The van der Waals surface area contributed by atoms with E-state index in [0.717, 1.165) is 12.8 Å². The third-order valence-electron chi connectivity index (χ3n) is 2.36. The minimum atomic E-state index is 0.0152. The van der Waals surface area contributed by atoms with Crippen molar-refractivity contribution in [3.8, 4) is 6.07 Å². The van der Waals surface area contributed by atoms with Crippen molar-refractivity contribution in [3.63, 3.8) is 0 Å². The van der Waals surface area contributed by atoms with Gasteiger partial charge in [-0.2, -0.15) is 5.26 Å². The van der Waals surface area contributed by atoms with E-state index in [0.29, 0.717) is 13.0 Å². The smallest absolute Gasteiger partial charge is 0.246 e. The molecular formula is C12H20N2O. The van der Waals surface area contributed by atoms with Crippen LogP contribution in [-0.4, -0.2) is 23.4 Å². The third-order valence-corrected chi connectivity index (χ3v) is 2.36. The van der Waals surface area contributed by atoms with Crippen molar-refractivity contribution >= 4 is 5.91 Å². The Bertz CT molecular complexity index is 253. The van der Waals surface area contributed by atoms with E-state index < -0.39 is 0 Å². The molecule has 0 aliphatic rings. The van der Waals surface area contributed by atoms with E-state index in [1.165, 1.54) is 0 Å². The summed E-state index contributed by atoms with van der Waals surface area (Å²) in [5, 5.41) is 8.66. The number of carbonyl (C=O) groups is 1. The van der Waals surface area contributed by atoms with Gasteiger partial charge in [-0.1, -0.05) is 19.9 Å². The number of amides is 1. The average Bonchev–Trinajstić information content (AvgIpc) is 2.26. The van der Waals surface area contributed by atoms with Gasteiger partial charge in [0.05, 0.1) is 12.5 Å². The number of nitrogens with zero attached hydrogens (tertiary/aromatic N) is 2. The molecule has 0 aliphatic heterocycles. The topological polar surface area (TPSA) is 44.1 Å². The Morgan fingerprint density at radius 3 is 2.53 bits per heavy atom. The monoisotopic (exact) mass is 208 g/mol. The van der Waals surface area contributed by atoms with Crippen LogP contribution in [0.5, 0.6) is 0 Å². The van der Waals surface area contributed by atoms with Gasteiger partial charge in [0.1, 0.15) is 0 Å². The molecule has 1 amide bonds. The maximum atomic E-state index is 11.7. The van der Waals surface area contributed by atoms with Crippen molar-refractivity contribution < 1.29 is 4.79 Å². The Balaban J connectivity index is 4.51. The van der Waals surface area contributed by atoms with Gasteiger partial charge in [0.2, 0.25) is 5.91 Å². The highest BCUT2D eigenvalue weighted by atomic mass is 16.2. The second-order valence-corrected chi connectivity index (χ2v) is 3.36. The maximum absolute atomic E-state index is 11.7. The Kier molecular flexibility index (Phi) is 7.35. The van der Waals surface area contributed by atoms with Crippen LogP contribution in [0.1, 0.15) is 40.0 Å². The fourth-order valence-corrected chi connectivity index (χ4v) is 1.49. The van der Waals surface area contributed by atoms with E-state index in [4.69, 9.17) is 5.26 Å². The number of nitriles is 1. The highest BCUT2D eigenvalue weighted by Crippen LogP contribution is 2.09. The number of allylic oxidation sites excluding steroid dienone is 1. The molecule has 0 fully saturated rings. The standard InChI is InChI=1S/C12H20N2O/c1-4-7-8-12(15)14(6-3)11(5-2)9-10-13/h7-8,11H,4-6,9H2,1-3H3/b8-7+. The molecule has 0 rings (SSSR count). The molecule has 0 radical (unpaired) electrons. The van der Waals surface area contributed by atoms with Crippen LogP contribution in [0, 0.1) is 11.3 Å². The lowest BCUT2D eigenvalue weighted by atomic mass is 10.1. The molecule has 3 nitrogen and oxygen atoms in total. The lowest BCUT2D eigenvalue weighted by Gasteiger charge is -2.27. The summed E-state index contributed by atoms with van der Waals surface area (Å²) < 4.78 is 0. The SMILES string of the molecule is CC/C=C/C(=O)N(CC)C(CC)CC#N. The second-order valence-electron chi connectivity index (χ2n) is 3.36. The molecule has 0 spiro atoms. The van der Waals surface area contributed by atoms with Gasteiger partial charge in [-0.15, -0.1) is 0 Å². The van der Waals surface area contributed by atoms with Gasteiger partial charge in [-0.3, -0.25) is 4.79 Å². The summed E-state index contributed by atoms with van der Waals surface area (Å²) >= 11 is 0. The Morgan fingerprint density at radius 2 is 2.13 bits per heavy atom. The van der Waals surface area contributed by atoms with Gasteiger partial charge in [0, 0.05) is 12.6 Å². The molecule has 0 saturated carbocycles. The fraction of sp³-hybridized carbons (Fsp3) is 0.667. The van der Waals surface area contributed by atoms with Crippen molar-refractivity contribution in [2.75, 3.05) is 6.54 Å². The van der Waals surface area contributed by atoms with E-state index in [-0.39, 0.29) is 11.9 Å². The highest BCUT2D eigenvalue weighted by Gasteiger charge is 2.18. The molecule has 84 valence electrons. The summed E-state index contributed by atoms with van der Waals surface area (Å²) in [5.74, 6) is 0.0152. The molecule has 0 aromatic heterocycles. The lowest BCUT2D eigenvalue weighted by Crippen LogP contribution is -2.38. The van der Waals surface area contributed by atoms with E-state index in [1.54, 1.807) is 11.0 Å². The van der Waals surface area contributed by atoms with Crippen molar-refractivity contribution in [2.45, 2.75) is 46.1 Å². The zero-order valence-electron chi connectivity index (χ0n) is 9.86. The van der Waals surface area contributed by atoms with E-state index in [2.05, 4.69) is 6.07 Å². The summed E-state index contributed by atoms with van der Waals surface area (Å²) in [7, 11) is 0. The third kappa shape index (κ3) is 4.64. The number of hydrogen-bond acceptors (Lipinski definition) is 2. The molecule has 0 N–H and O–H groups in total. The van der Waals surface area contributed by atoms with Gasteiger partial charge in [-0.05, 0) is 25.8 Å². The van der Waals surface area contributed by atoms with E-state index in [9.17, 15) is 4.79 Å². The van der Waals surface area contributed by atoms with Crippen molar-refractivity contribution in [3.05, 3.63) is 12.2 Å². The summed E-state index contributed by atoms with van der Waals surface area (Å²) in [5.41, 5.74) is 0. The van der Waals surface area contributed by atoms with Gasteiger partial charge >= 0.3 is 0 Å². The van der Waals surface area contributed by atoms with Crippen molar-refractivity contribution in [1.29, 1.82) is 5.26 Å². The summed E-state index contributed by atoms with van der Waals surface area (Å²) in [6.45, 7) is 6.60.